The topological polar surface area (TPSA) is 105 Å². The zero-order valence-electron chi connectivity index (χ0n) is 11.8. The first-order chi connectivity index (χ1) is 9.25. The third-order valence-electron chi connectivity index (χ3n) is 3.13. The highest BCUT2D eigenvalue weighted by atomic mass is 32.1. The molecule has 2 heterocycles. The molecule has 0 radical (unpaired) electrons. The molecule has 1 saturated heterocycles. The lowest BCUT2D eigenvalue weighted by Gasteiger charge is -2.42. The number of anilines is 2. The minimum Gasteiger partial charge on any atom is -0.396 e. The van der Waals surface area contributed by atoms with Crippen molar-refractivity contribution < 1.29 is 9.53 Å². The first-order valence-corrected chi connectivity index (χ1v) is 7.11. The van der Waals surface area contributed by atoms with Crippen LogP contribution in [0.5, 0.6) is 0 Å². The minimum atomic E-state index is -0.604. The molecule has 1 aliphatic heterocycles. The van der Waals surface area contributed by atoms with Gasteiger partial charge in [-0.1, -0.05) is 0 Å². The Balaban J connectivity index is 2.47. The van der Waals surface area contributed by atoms with Gasteiger partial charge in [-0.05, 0) is 20.8 Å². The number of primary amides is 1. The summed E-state index contributed by atoms with van der Waals surface area (Å²) in [5.74, 6) is -0.604. The van der Waals surface area contributed by atoms with Crippen molar-refractivity contribution in [1.82, 2.24) is 0 Å². The molecule has 1 aromatic heterocycles. The molecule has 0 aromatic carbocycles. The molecule has 2 rings (SSSR count). The Hall–Kier alpha value is -1.78. The summed E-state index contributed by atoms with van der Waals surface area (Å²) in [7, 11) is 0. The molecule has 0 spiro atoms. The van der Waals surface area contributed by atoms with Gasteiger partial charge in [0.1, 0.15) is 15.9 Å². The highest BCUT2D eigenvalue weighted by molar-refractivity contribution is 7.17. The Kier molecular flexibility index (Phi) is 3.63. The highest BCUT2D eigenvalue weighted by Crippen LogP contribution is 2.39. The molecule has 1 aliphatic rings. The molecule has 4 N–H and O–H groups in total. The number of nitrogen functional groups attached to an aromatic ring is 1. The van der Waals surface area contributed by atoms with Crippen molar-refractivity contribution in [2.45, 2.75) is 32.5 Å². The van der Waals surface area contributed by atoms with Crippen LogP contribution < -0.4 is 16.4 Å². The quantitative estimate of drug-likeness (QED) is 0.855. The molecule has 1 atom stereocenters. The number of hydrogen-bond donors (Lipinski definition) is 2. The third-order valence-corrected chi connectivity index (χ3v) is 4.30. The molecule has 20 heavy (non-hydrogen) atoms. The molecular weight excluding hydrogens is 276 g/mol. The van der Waals surface area contributed by atoms with Crippen LogP contribution in [0.25, 0.3) is 0 Å². The van der Waals surface area contributed by atoms with Crippen molar-refractivity contribution in [3.8, 4) is 6.07 Å². The lowest BCUT2D eigenvalue weighted by Crippen LogP contribution is -2.52. The molecule has 0 bridgehead atoms. The molecule has 1 amide bonds. The van der Waals surface area contributed by atoms with Gasteiger partial charge in [0.15, 0.2) is 0 Å². The predicted molar refractivity (Wildman–Crippen MR) is 78.8 cm³/mol. The van der Waals surface area contributed by atoms with Crippen LogP contribution >= 0.6 is 11.3 Å². The van der Waals surface area contributed by atoms with Crippen LogP contribution in [-0.4, -0.2) is 30.7 Å². The van der Waals surface area contributed by atoms with Gasteiger partial charge < -0.3 is 21.1 Å². The molecule has 7 heteroatoms. The van der Waals surface area contributed by atoms with Gasteiger partial charge in [0.25, 0.3) is 5.91 Å². The predicted octanol–water partition coefficient (Wildman–Crippen LogP) is 1.30. The van der Waals surface area contributed by atoms with Crippen LogP contribution in [0.2, 0.25) is 0 Å². The fourth-order valence-corrected chi connectivity index (χ4v) is 3.62. The second kappa shape index (κ2) is 4.96. The summed E-state index contributed by atoms with van der Waals surface area (Å²) in [6, 6.07) is 2.01. The summed E-state index contributed by atoms with van der Waals surface area (Å²) >= 11 is 1.21. The van der Waals surface area contributed by atoms with Crippen molar-refractivity contribution >= 4 is 27.9 Å². The molecular formula is C13H18N4O2S. The maximum absolute atomic E-state index is 11.6. The fraction of sp³-hybridized carbons (Fsp3) is 0.538. The number of morpholine rings is 1. The Morgan fingerprint density at radius 3 is 2.75 bits per heavy atom. The smallest absolute Gasteiger partial charge is 0.253 e. The molecule has 1 fully saturated rings. The van der Waals surface area contributed by atoms with E-state index in [2.05, 4.69) is 0 Å². The SMILES string of the molecule is CC1CN(c2sc(C#N)c(N)c2C(N)=O)CC(C)(C)O1. The first-order valence-electron chi connectivity index (χ1n) is 6.30. The summed E-state index contributed by atoms with van der Waals surface area (Å²) in [4.78, 5) is 14.0. The van der Waals surface area contributed by atoms with Crippen LogP contribution in [0.3, 0.4) is 0 Å². The number of carbonyl (C=O) groups is 1. The molecule has 108 valence electrons. The van der Waals surface area contributed by atoms with Crippen LogP contribution in [0.4, 0.5) is 10.7 Å². The number of carbonyl (C=O) groups excluding carboxylic acids is 1. The largest absolute Gasteiger partial charge is 0.396 e. The van der Waals surface area contributed by atoms with E-state index in [1.165, 1.54) is 11.3 Å². The number of rotatable bonds is 2. The van der Waals surface area contributed by atoms with Crippen molar-refractivity contribution in [2.75, 3.05) is 23.7 Å². The highest BCUT2D eigenvalue weighted by Gasteiger charge is 2.34. The maximum Gasteiger partial charge on any atom is 0.253 e. The van der Waals surface area contributed by atoms with Crippen LogP contribution in [-0.2, 0) is 4.74 Å². The number of hydrogen-bond acceptors (Lipinski definition) is 6. The Morgan fingerprint density at radius 1 is 1.60 bits per heavy atom. The van der Waals surface area contributed by atoms with Crippen LogP contribution in [0.1, 0.15) is 36.0 Å². The van der Waals surface area contributed by atoms with Crippen molar-refractivity contribution in [3.63, 3.8) is 0 Å². The van der Waals surface area contributed by atoms with E-state index in [-0.39, 0.29) is 23.0 Å². The second-order valence-electron chi connectivity index (χ2n) is 5.57. The fourth-order valence-electron chi connectivity index (χ4n) is 2.58. The summed E-state index contributed by atoms with van der Waals surface area (Å²) in [6.45, 7) is 7.19. The summed E-state index contributed by atoms with van der Waals surface area (Å²) in [6.07, 6.45) is 0.0216. The van der Waals surface area contributed by atoms with Crippen molar-refractivity contribution in [3.05, 3.63) is 10.4 Å². The first kappa shape index (κ1) is 14.6. The van der Waals surface area contributed by atoms with Gasteiger partial charge in [0, 0.05) is 13.1 Å². The molecule has 6 nitrogen and oxygen atoms in total. The van der Waals surface area contributed by atoms with Gasteiger partial charge in [0.05, 0.1) is 23.0 Å². The van der Waals surface area contributed by atoms with E-state index in [9.17, 15) is 4.79 Å². The minimum absolute atomic E-state index is 0.0216. The molecule has 0 aliphatic carbocycles. The Morgan fingerprint density at radius 2 is 2.25 bits per heavy atom. The standard InChI is InChI=1S/C13H18N4O2S/c1-7-5-17(6-13(2,3)19-7)12-9(11(16)18)10(15)8(4-14)20-12/h7H,5-6,15H2,1-3H3,(H2,16,18). The van der Waals surface area contributed by atoms with E-state index in [1.54, 1.807) is 0 Å². The second-order valence-corrected chi connectivity index (χ2v) is 6.57. The van der Waals surface area contributed by atoms with Crippen molar-refractivity contribution in [2.24, 2.45) is 5.73 Å². The summed E-state index contributed by atoms with van der Waals surface area (Å²) < 4.78 is 5.84. The van der Waals surface area contributed by atoms with Gasteiger partial charge >= 0.3 is 0 Å². The van der Waals surface area contributed by atoms with Gasteiger partial charge in [-0.25, -0.2) is 0 Å². The number of thiophene rings is 1. The number of ether oxygens (including phenoxy) is 1. The van der Waals surface area contributed by atoms with E-state index >= 15 is 0 Å². The summed E-state index contributed by atoms with van der Waals surface area (Å²) in [5.41, 5.74) is 11.4. The van der Waals surface area contributed by atoms with Gasteiger partial charge in [-0.3, -0.25) is 4.79 Å². The normalized spacial score (nSPS) is 21.5. The lowest BCUT2D eigenvalue weighted by molar-refractivity contribution is -0.0748. The number of nitrogens with two attached hydrogens (primary N) is 2. The molecule has 0 saturated carbocycles. The van der Waals surface area contributed by atoms with Gasteiger partial charge in [0.2, 0.25) is 0 Å². The van der Waals surface area contributed by atoms with Crippen molar-refractivity contribution in [1.29, 1.82) is 5.26 Å². The molecule has 1 unspecified atom stereocenters. The Labute approximate surface area is 121 Å². The average molecular weight is 294 g/mol. The maximum atomic E-state index is 11.6. The third kappa shape index (κ3) is 2.57. The summed E-state index contributed by atoms with van der Waals surface area (Å²) in [5, 5.41) is 9.74. The monoisotopic (exact) mass is 294 g/mol. The zero-order valence-corrected chi connectivity index (χ0v) is 12.6. The van der Waals surface area contributed by atoms with E-state index in [4.69, 9.17) is 21.5 Å². The number of amides is 1. The lowest BCUT2D eigenvalue weighted by atomic mass is 10.1. The van der Waals surface area contributed by atoms with Gasteiger partial charge in [-0.2, -0.15) is 5.26 Å². The zero-order chi connectivity index (χ0) is 15.1. The Bertz CT molecular complexity index is 588. The van der Waals surface area contributed by atoms with E-state index in [0.717, 1.165) is 0 Å². The van der Waals surface area contributed by atoms with E-state index in [1.807, 2.05) is 31.7 Å². The van der Waals surface area contributed by atoms with Crippen LogP contribution in [0.15, 0.2) is 0 Å². The average Bonchev–Trinajstić information content (AvgIpc) is 2.63. The molecule has 1 aromatic rings. The number of nitrogens with zero attached hydrogens (tertiary/aromatic N) is 2. The van der Waals surface area contributed by atoms with Gasteiger partial charge in [-0.15, -0.1) is 11.3 Å². The van der Waals surface area contributed by atoms with E-state index in [0.29, 0.717) is 23.0 Å². The van der Waals surface area contributed by atoms with E-state index < -0.39 is 5.91 Å². The van der Waals surface area contributed by atoms with Crippen LogP contribution in [0, 0.1) is 11.3 Å². The number of nitriles is 1.